The molecule has 0 saturated carbocycles. The summed E-state index contributed by atoms with van der Waals surface area (Å²) in [5.41, 5.74) is 19.4. The molecule has 0 fully saturated rings. The molecule has 0 amide bonds. The molecule has 0 saturated heterocycles. The quantitative estimate of drug-likeness (QED) is 0.120. The SMILES string of the molecule is CCCCCCCCC1=C=C=C=[C-]1.CCCCCCCCC1=C=C=C=[C-]1.[Fe+2]. The van der Waals surface area contributed by atoms with Gasteiger partial charge in [-0.3, -0.25) is 22.9 Å². The van der Waals surface area contributed by atoms with Crippen LogP contribution in [0.2, 0.25) is 0 Å². The minimum Gasteiger partial charge on any atom is -0.291 e. The van der Waals surface area contributed by atoms with Crippen molar-refractivity contribution in [2.45, 2.75) is 104 Å². The van der Waals surface area contributed by atoms with Crippen LogP contribution in [0.1, 0.15) is 104 Å². The Balaban J connectivity index is 0.000000483. The summed E-state index contributed by atoms with van der Waals surface area (Å²) < 4.78 is 0. The Hall–Kier alpha value is -1.32. The number of allylic oxidation sites excluding steroid dienone is 4. The van der Waals surface area contributed by atoms with Crippen LogP contribution in [-0.4, -0.2) is 0 Å². The van der Waals surface area contributed by atoms with Gasteiger partial charge in [-0.1, -0.05) is 90.9 Å². The normalized spacial score (nSPS) is 12.1. The summed E-state index contributed by atoms with van der Waals surface area (Å²) in [4.78, 5) is 0. The van der Waals surface area contributed by atoms with Gasteiger partial charge in [-0.25, -0.2) is 11.5 Å². The van der Waals surface area contributed by atoms with E-state index in [4.69, 9.17) is 0 Å². The van der Waals surface area contributed by atoms with E-state index in [-0.39, 0.29) is 17.1 Å². The van der Waals surface area contributed by atoms with Gasteiger partial charge in [-0.05, 0) is 12.8 Å². The molecule has 0 radical (unpaired) electrons. The number of unbranched alkanes of at least 4 members (excludes halogenated alkanes) is 10. The van der Waals surface area contributed by atoms with Crippen LogP contribution in [0, 0.1) is 12.2 Å². The van der Waals surface area contributed by atoms with E-state index in [9.17, 15) is 0 Å². The summed E-state index contributed by atoms with van der Waals surface area (Å²) in [5.74, 6) is 0. The first-order valence-corrected chi connectivity index (χ1v) is 10.6. The molecular formula is C26H34Fe. The molecule has 2 aliphatic carbocycles. The fraction of sp³-hybridized carbons (Fsp3) is 0.615. The van der Waals surface area contributed by atoms with E-state index in [2.05, 4.69) is 60.4 Å². The van der Waals surface area contributed by atoms with E-state index in [0.29, 0.717) is 0 Å². The molecule has 2 aliphatic rings. The van der Waals surface area contributed by atoms with Gasteiger partial charge in [-0.15, -0.1) is 23.3 Å². The van der Waals surface area contributed by atoms with Crippen molar-refractivity contribution in [1.82, 2.24) is 0 Å². The maximum Gasteiger partial charge on any atom is 2.00 e. The molecule has 0 aliphatic heterocycles. The second-order valence-electron chi connectivity index (χ2n) is 6.99. The predicted octanol–water partition coefficient (Wildman–Crippen LogP) is 7.89. The predicted molar refractivity (Wildman–Crippen MR) is 111 cm³/mol. The molecule has 0 aromatic carbocycles. The van der Waals surface area contributed by atoms with Gasteiger partial charge in [0.2, 0.25) is 0 Å². The molecule has 0 aromatic heterocycles. The summed E-state index contributed by atoms with van der Waals surface area (Å²) in [5, 5.41) is 0. The van der Waals surface area contributed by atoms with Gasteiger partial charge in [0.15, 0.2) is 0 Å². The molecule has 146 valence electrons. The summed E-state index contributed by atoms with van der Waals surface area (Å²) in [6.07, 6.45) is 24.4. The molecule has 0 aromatic rings. The van der Waals surface area contributed by atoms with Crippen LogP contribution < -0.4 is 0 Å². The average Bonchev–Trinajstić information content (AvgIpc) is 3.35. The van der Waals surface area contributed by atoms with Gasteiger partial charge in [0.25, 0.3) is 0 Å². The standard InChI is InChI=1S/2C13H17.Fe/c2*1-2-3-4-5-6-7-10-13-11-8-9-12-13;/h2*2-7,10H2,1H3;/q2*-1;+2. The molecule has 0 spiro atoms. The summed E-state index contributed by atoms with van der Waals surface area (Å²) in [6.45, 7) is 4.50. The molecule has 2 rings (SSSR count). The summed E-state index contributed by atoms with van der Waals surface area (Å²) >= 11 is 0. The van der Waals surface area contributed by atoms with Gasteiger partial charge in [-0.2, -0.15) is 0 Å². The van der Waals surface area contributed by atoms with Crippen LogP contribution in [-0.2, 0) is 17.1 Å². The first-order chi connectivity index (χ1) is 12.9. The molecule has 27 heavy (non-hydrogen) atoms. The average molecular weight is 402 g/mol. The van der Waals surface area contributed by atoms with Gasteiger partial charge >= 0.3 is 17.1 Å². The molecule has 0 bridgehead atoms. The third kappa shape index (κ3) is 15.4. The maximum absolute atomic E-state index is 3.00. The van der Waals surface area contributed by atoms with Crippen molar-refractivity contribution in [3.05, 3.63) is 57.7 Å². The Labute approximate surface area is 178 Å². The third-order valence-corrected chi connectivity index (χ3v) is 4.54. The van der Waals surface area contributed by atoms with Crippen molar-refractivity contribution in [1.29, 1.82) is 0 Å². The Morgan fingerprint density at radius 3 is 1.26 bits per heavy atom. The van der Waals surface area contributed by atoms with E-state index in [1.807, 2.05) is 0 Å². The molecule has 0 N–H and O–H groups in total. The molecule has 0 unspecified atom stereocenters. The van der Waals surface area contributed by atoms with E-state index < -0.39 is 0 Å². The van der Waals surface area contributed by atoms with Crippen molar-refractivity contribution < 1.29 is 17.1 Å². The van der Waals surface area contributed by atoms with E-state index in [1.165, 1.54) is 77.0 Å². The fourth-order valence-electron chi connectivity index (χ4n) is 2.90. The van der Waals surface area contributed by atoms with Crippen LogP contribution in [0.25, 0.3) is 0 Å². The molecule has 0 heterocycles. The smallest absolute Gasteiger partial charge is 0.291 e. The molecule has 1 heteroatoms. The van der Waals surface area contributed by atoms with Gasteiger partial charge in [0.1, 0.15) is 0 Å². The van der Waals surface area contributed by atoms with Crippen molar-refractivity contribution in [2.24, 2.45) is 0 Å². The van der Waals surface area contributed by atoms with Crippen LogP contribution in [0.15, 0.2) is 45.5 Å². The minimum absolute atomic E-state index is 0. The van der Waals surface area contributed by atoms with Crippen molar-refractivity contribution in [3.63, 3.8) is 0 Å². The van der Waals surface area contributed by atoms with Crippen molar-refractivity contribution in [2.75, 3.05) is 0 Å². The first kappa shape index (κ1) is 25.7. The first-order valence-electron chi connectivity index (χ1n) is 10.6. The Morgan fingerprint density at radius 2 is 0.926 bits per heavy atom. The molecular weight excluding hydrogens is 368 g/mol. The third-order valence-electron chi connectivity index (χ3n) is 4.54. The number of rotatable bonds is 14. The topological polar surface area (TPSA) is 0 Å². The number of hydrogen-bond acceptors (Lipinski definition) is 0. The largest absolute Gasteiger partial charge is 2.00 e. The summed E-state index contributed by atoms with van der Waals surface area (Å²) in [6, 6.07) is 0. The Kier molecular flexibility index (Phi) is 18.5. The van der Waals surface area contributed by atoms with Gasteiger partial charge in [0, 0.05) is 0 Å². The van der Waals surface area contributed by atoms with E-state index in [0.717, 1.165) is 24.0 Å². The van der Waals surface area contributed by atoms with E-state index >= 15 is 0 Å². The zero-order valence-electron chi connectivity index (χ0n) is 17.3. The minimum atomic E-state index is 0. The van der Waals surface area contributed by atoms with Crippen LogP contribution in [0.5, 0.6) is 0 Å². The van der Waals surface area contributed by atoms with Gasteiger partial charge < -0.3 is 0 Å². The number of hydrogen-bond donors (Lipinski definition) is 0. The second-order valence-corrected chi connectivity index (χ2v) is 6.99. The van der Waals surface area contributed by atoms with E-state index in [1.54, 1.807) is 0 Å². The van der Waals surface area contributed by atoms with Gasteiger partial charge in [0.05, 0.1) is 0 Å². The zero-order chi connectivity index (χ0) is 18.7. The summed E-state index contributed by atoms with van der Waals surface area (Å²) in [7, 11) is 0. The Bertz CT molecular complexity index is 595. The van der Waals surface area contributed by atoms with Crippen molar-refractivity contribution in [3.8, 4) is 0 Å². The van der Waals surface area contributed by atoms with Crippen LogP contribution in [0.3, 0.4) is 0 Å². The Morgan fingerprint density at radius 1 is 0.556 bits per heavy atom. The second kappa shape index (κ2) is 19.4. The monoisotopic (exact) mass is 402 g/mol. The van der Waals surface area contributed by atoms with Crippen molar-refractivity contribution >= 4 is 0 Å². The maximum atomic E-state index is 3.00. The van der Waals surface area contributed by atoms with Crippen LogP contribution >= 0.6 is 0 Å². The molecule has 0 nitrogen and oxygen atoms in total. The zero-order valence-corrected chi connectivity index (χ0v) is 18.4. The van der Waals surface area contributed by atoms with Crippen LogP contribution in [0.4, 0.5) is 0 Å². The molecule has 0 atom stereocenters. The fourth-order valence-corrected chi connectivity index (χ4v) is 2.90.